The first kappa shape index (κ1) is 16.4. The molecule has 0 aliphatic carbocycles. The van der Waals surface area contributed by atoms with E-state index >= 15 is 0 Å². The number of rotatable bonds is 4. The van der Waals surface area contributed by atoms with Gasteiger partial charge in [0.1, 0.15) is 0 Å². The Labute approximate surface area is 118 Å². The number of amides is 3. The van der Waals surface area contributed by atoms with E-state index in [2.05, 4.69) is 5.32 Å². The number of imide groups is 1. The molecule has 0 bridgehead atoms. The molecular formula is C13H22N2O5. The Morgan fingerprint density at radius 1 is 1.25 bits per heavy atom. The topological polar surface area (TPSA) is 95.9 Å². The molecule has 2 N–H and O–H groups in total. The van der Waals surface area contributed by atoms with Crippen LogP contribution < -0.4 is 5.32 Å². The van der Waals surface area contributed by atoms with Gasteiger partial charge in [-0.25, -0.2) is 4.79 Å². The van der Waals surface area contributed by atoms with Crippen LogP contribution in [-0.4, -0.2) is 53.2 Å². The molecule has 0 spiro atoms. The lowest BCUT2D eigenvalue weighted by atomic mass is 10.0. The largest absolute Gasteiger partial charge is 0.481 e. The van der Waals surface area contributed by atoms with E-state index in [1.165, 1.54) is 0 Å². The molecule has 1 fully saturated rings. The summed E-state index contributed by atoms with van der Waals surface area (Å²) in [5, 5.41) is 10.9. The van der Waals surface area contributed by atoms with E-state index in [0.717, 1.165) is 0 Å². The molecule has 0 radical (unpaired) electrons. The van der Waals surface area contributed by atoms with Crippen molar-refractivity contribution < 1.29 is 24.2 Å². The number of carbonyl (C=O) groups is 3. The van der Waals surface area contributed by atoms with Gasteiger partial charge in [-0.3, -0.25) is 14.9 Å². The lowest BCUT2D eigenvalue weighted by Gasteiger charge is -2.35. The lowest BCUT2D eigenvalue weighted by Crippen LogP contribution is -2.52. The molecule has 1 heterocycles. The Kier molecular flexibility index (Phi) is 5.94. The summed E-state index contributed by atoms with van der Waals surface area (Å²) in [6, 6.07) is -0.445. The smallest absolute Gasteiger partial charge is 0.324 e. The second kappa shape index (κ2) is 7.23. The van der Waals surface area contributed by atoms with Crippen molar-refractivity contribution in [1.29, 1.82) is 0 Å². The van der Waals surface area contributed by atoms with Crippen molar-refractivity contribution >= 4 is 17.9 Å². The summed E-state index contributed by atoms with van der Waals surface area (Å²) < 4.78 is 5.51. The zero-order chi connectivity index (χ0) is 15.3. The van der Waals surface area contributed by atoms with Crippen molar-refractivity contribution in [3.05, 3.63) is 0 Å². The fraction of sp³-hybridized carbons (Fsp3) is 0.769. The normalized spacial score (nSPS) is 24.1. The van der Waals surface area contributed by atoms with Gasteiger partial charge in [0.25, 0.3) is 0 Å². The van der Waals surface area contributed by atoms with Crippen molar-refractivity contribution in [1.82, 2.24) is 10.2 Å². The molecule has 20 heavy (non-hydrogen) atoms. The van der Waals surface area contributed by atoms with Gasteiger partial charge in [-0.2, -0.15) is 0 Å². The van der Waals surface area contributed by atoms with Crippen LogP contribution >= 0.6 is 0 Å². The predicted octanol–water partition coefficient (Wildman–Crippen LogP) is 0.833. The van der Waals surface area contributed by atoms with E-state index in [1.807, 2.05) is 13.8 Å². The molecule has 0 saturated carbocycles. The maximum atomic E-state index is 11.9. The van der Waals surface area contributed by atoms with Crippen LogP contribution in [0, 0.1) is 5.92 Å². The SMILES string of the molecule is CC(CC(=O)O)CC(=O)NC(=O)N1CC(C)OC(C)C1. The van der Waals surface area contributed by atoms with Gasteiger partial charge in [-0.1, -0.05) is 6.92 Å². The van der Waals surface area contributed by atoms with E-state index in [-0.39, 0.29) is 31.0 Å². The molecule has 7 nitrogen and oxygen atoms in total. The van der Waals surface area contributed by atoms with Gasteiger partial charge in [-0.05, 0) is 19.8 Å². The summed E-state index contributed by atoms with van der Waals surface area (Å²) in [6.07, 6.45) is -0.197. The molecule has 114 valence electrons. The van der Waals surface area contributed by atoms with Gasteiger partial charge in [0, 0.05) is 25.9 Å². The second-order valence-corrected chi connectivity index (χ2v) is 5.42. The van der Waals surface area contributed by atoms with Crippen molar-refractivity contribution in [2.24, 2.45) is 5.92 Å². The number of carbonyl (C=O) groups excluding carboxylic acids is 2. The molecule has 1 saturated heterocycles. The number of aliphatic carboxylic acids is 1. The van der Waals surface area contributed by atoms with Crippen LogP contribution in [0.3, 0.4) is 0 Å². The Hall–Kier alpha value is -1.63. The number of carboxylic acid groups (broad SMARTS) is 1. The van der Waals surface area contributed by atoms with E-state index in [9.17, 15) is 14.4 Å². The van der Waals surface area contributed by atoms with E-state index < -0.39 is 17.9 Å². The van der Waals surface area contributed by atoms with Crippen LogP contribution in [0.4, 0.5) is 4.79 Å². The van der Waals surface area contributed by atoms with E-state index in [1.54, 1.807) is 11.8 Å². The molecule has 0 aromatic rings. The molecule has 3 unspecified atom stereocenters. The molecule has 1 aliphatic rings. The zero-order valence-electron chi connectivity index (χ0n) is 12.1. The number of hydrogen-bond acceptors (Lipinski definition) is 4. The van der Waals surface area contributed by atoms with Crippen LogP contribution in [0.2, 0.25) is 0 Å². The lowest BCUT2D eigenvalue weighted by molar-refractivity contribution is -0.138. The number of hydrogen-bond donors (Lipinski definition) is 2. The van der Waals surface area contributed by atoms with Crippen LogP contribution in [0.25, 0.3) is 0 Å². The number of ether oxygens (including phenoxy) is 1. The van der Waals surface area contributed by atoms with Gasteiger partial charge >= 0.3 is 12.0 Å². The summed E-state index contributed by atoms with van der Waals surface area (Å²) in [5.74, 6) is -1.70. The number of morpholine rings is 1. The van der Waals surface area contributed by atoms with Gasteiger partial charge in [0.2, 0.25) is 5.91 Å². The molecule has 0 aromatic heterocycles. The molecule has 1 aliphatic heterocycles. The Balaban J connectivity index is 2.41. The minimum Gasteiger partial charge on any atom is -0.481 e. The molecule has 3 amide bonds. The first-order chi connectivity index (χ1) is 9.27. The first-order valence-corrected chi connectivity index (χ1v) is 6.74. The molecule has 7 heteroatoms. The third-order valence-corrected chi connectivity index (χ3v) is 3.01. The molecule has 0 aromatic carbocycles. The number of carboxylic acids is 1. The van der Waals surface area contributed by atoms with Crippen molar-refractivity contribution in [2.75, 3.05) is 13.1 Å². The summed E-state index contributed by atoms with van der Waals surface area (Å²) in [7, 11) is 0. The van der Waals surface area contributed by atoms with Crippen LogP contribution in [-0.2, 0) is 14.3 Å². The highest BCUT2D eigenvalue weighted by Crippen LogP contribution is 2.11. The summed E-state index contributed by atoms with van der Waals surface area (Å²) in [5.41, 5.74) is 0. The predicted molar refractivity (Wildman–Crippen MR) is 71.2 cm³/mol. The maximum absolute atomic E-state index is 11.9. The average molecular weight is 286 g/mol. The number of nitrogens with one attached hydrogen (secondary N) is 1. The fourth-order valence-corrected chi connectivity index (χ4v) is 2.28. The van der Waals surface area contributed by atoms with Gasteiger partial charge < -0.3 is 14.7 Å². The zero-order valence-corrected chi connectivity index (χ0v) is 12.1. The molecule has 1 rings (SSSR count). The fourth-order valence-electron chi connectivity index (χ4n) is 2.28. The monoisotopic (exact) mass is 286 g/mol. The quantitative estimate of drug-likeness (QED) is 0.798. The summed E-state index contributed by atoms with van der Waals surface area (Å²) in [6.45, 7) is 6.28. The highest BCUT2D eigenvalue weighted by molar-refractivity contribution is 5.94. The van der Waals surface area contributed by atoms with Gasteiger partial charge in [-0.15, -0.1) is 0 Å². The van der Waals surface area contributed by atoms with E-state index in [0.29, 0.717) is 13.1 Å². The standard InChI is InChI=1S/C13H22N2O5/c1-8(5-12(17)18)4-11(16)14-13(19)15-6-9(2)20-10(3)7-15/h8-10H,4-7H2,1-3H3,(H,17,18)(H,14,16,19). The Morgan fingerprint density at radius 3 is 2.30 bits per heavy atom. The third-order valence-electron chi connectivity index (χ3n) is 3.01. The summed E-state index contributed by atoms with van der Waals surface area (Å²) >= 11 is 0. The number of urea groups is 1. The summed E-state index contributed by atoms with van der Waals surface area (Å²) in [4.78, 5) is 35.6. The van der Waals surface area contributed by atoms with Crippen LogP contribution in [0.15, 0.2) is 0 Å². The van der Waals surface area contributed by atoms with Crippen LogP contribution in [0.5, 0.6) is 0 Å². The van der Waals surface area contributed by atoms with Crippen molar-refractivity contribution in [3.63, 3.8) is 0 Å². The molecular weight excluding hydrogens is 264 g/mol. The van der Waals surface area contributed by atoms with Gasteiger partial charge in [0.05, 0.1) is 12.2 Å². The minimum absolute atomic E-state index is 0.0213. The second-order valence-electron chi connectivity index (χ2n) is 5.42. The third kappa shape index (κ3) is 5.56. The van der Waals surface area contributed by atoms with Crippen molar-refractivity contribution in [3.8, 4) is 0 Å². The average Bonchev–Trinajstić information content (AvgIpc) is 2.25. The van der Waals surface area contributed by atoms with Crippen molar-refractivity contribution in [2.45, 2.75) is 45.8 Å². The van der Waals surface area contributed by atoms with E-state index in [4.69, 9.17) is 9.84 Å². The minimum atomic E-state index is -0.951. The number of nitrogens with zero attached hydrogens (tertiary/aromatic N) is 1. The maximum Gasteiger partial charge on any atom is 0.324 e. The molecule has 3 atom stereocenters. The Bertz CT molecular complexity index is 375. The Morgan fingerprint density at radius 2 is 1.80 bits per heavy atom. The highest BCUT2D eigenvalue weighted by atomic mass is 16.5. The van der Waals surface area contributed by atoms with Crippen LogP contribution in [0.1, 0.15) is 33.6 Å². The first-order valence-electron chi connectivity index (χ1n) is 6.74. The highest BCUT2D eigenvalue weighted by Gasteiger charge is 2.27. The van der Waals surface area contributed by atoms with Gasteiger partial charge in [0.15, 0.2) is 0 Å².